The lowest BCUT2D eigenvalue weighted by Gasteiger charge is -2.47. The molecule has 2 aliphatic heterocycles. The smallest absolute Gasteiger partial charge is 0.0886 e. The fourth-order valence-electron chi connectivity index (χ4n) is 4.47. The summed E-state index contributed by atoms with van der Waals surface area (Å²) in [6, 6.07) is 2.53. The lowest BCUT2D eigenvalue weighted by molar-refractivity contribution is -0.119. The van der Waals surface area contributed by atoms with Gasteiger partial charge in [0.05, 0.1) is 17.1 Å². The molecule has 5 unspecified atom stereocenters. The van der Waals surface area contributed by atoms with Gasteiger partial charge in [0, 0.05) is 19.0 Å². The first-order valence-corrected chi connectivity index (χ1v) is 6.96. The van der Waals surface area contributed by atoms with Gasteiger partial charge in [-0.15, -0.1) is 0 Å². The highest BCUT2D eigenvalue weighted by atomic mass is 16.3. The predicted octanol–water partition coefficient (Wildman–Crippen LogP) is 1.77. The van der Waals surface area contributed by atoms with Crippen LogP contribution in [0.3, 0.4) is 0 Å². The van der Waals surface area contributed by atoms with Gasteiger partial charge in [0.25, 0.3) is 0 Å². The van der Waals surface area contributed by atoms with Crippen LogP contribution < -0.4 is 0 Å². The van der Waals surface area contributed by atoms with Gasteiger partial charge < -0.3 is 10.0 Å². The Bertz CT molecular complexity index is 364. The highest BCUT2D eigenvalue weighted by Gasteiger charge is 2.60. The van der Waals surface area contributed by atoms with Gasteiger partial charge in [-0.1, -0.05) is 6.92 Å². The van der Waals surface area contributed by atoms with Crippen molar-refractivity contribution >= 4 is 0 Å². The number of nitrogens with zero attached hydrogens (tertiary/aromatic N) is 2. The molecule has 1 aliphatic carbocycles. The fourth-order valence-corrected chi connectivity index (χ4v) is 4.47. The molecule has 0 aromatic heterocycles. The highest BCUT2D eigenvalue weighted by molar-refractivity contribution is 5.18. The zero-order valence-corrected chi connectivity index (χ0v) is 10.7. The van der Waals surface area contributed by atoms with Gasteiger partial charge in [-0.05, 0) is 44.6 Å². The summed E-state index contributed by atoms with van der Waals surface area (Å²) in [6.45, 7) is 5.31. The van der Waals surface area contributed by atoms with Crippen molar-refractivity contribution in [2.45, 2.75) is 44.6 Å². The summed E-state index contributed by atoms with van der Waals surface area (Å²) in [5.41, 5.74) is -1.16. The molecule has 3 aliphatic rings. The molecule has 0 aromatic rings. The Hall–Kier alpha value is -0.590. The molecule has 0 radical (unpaired) electrons. The van der Waals surface area contributed by atoms with Gasteiger partial charge in [-0.2, -0.15) is 5.26 Å². The molecule has 3 heteroatoms. The van der Waals surface area contributed by atoms with Crippen LogP contribution in [-0.2, 0) is 0 Å². The van der Waals surface area contributed by atoms with E-state index < -0.39 is 11.0 Å². The number of fused-ring (bicyclic) bond motifs is 2. The molecule has 0 amide bonds. The summed E-state index contributed by atoms with van der Waals surface area (Å²) in [6.07, 6.45) is 4.78. The third kappa shape index (κ3) is 1.47. The third-order valence-corrected chi connectivity index (χ3v) is 5.56. The Morgan fingerprint density at radius 1 is 1.29 bits per heavy atom. The molecule has 2 heterocycles. The Balaban J connectivity index is 1.93. The zero-order valence-electron chi connectivity index (χ0n) is 10.7. The van der Waals surface area contributed by atoms with Gasteiger partial charge >= 0.3 is 0 Å². The van der Waals surface area contributed by atoms with Crippen LogP contribution in [0.4, 0.5) is 0 Å². The number of hydrogen-bond donors (Lipinski definition) is 1. The topological polar surface area (TPSA) is 47.3 Å². The average molecular weight is 234 g/mol. The first-order chi connectivity index (χ1) is 8.10. The van der Waals surface area contributed by atoms with Gasteiger partial charge in [0.15, 0.2) is 0 Å². The van der Waals surface area contributed by atoms with E-state index in [1.165, 1.54) is 0 Å². The van der Waals surface area contributed by atoms with Crippen LogP contribution in [0.15, 0.2) is 0 Å². The van der Waals surface area contributed by atoms with E-state index in [4.69, 9.17) is 0 Å². The van der Waals surface area contributed by atoms with E-state index in [1.54, 1.807) is 0 Å². The van der Waals surface area contributed by atoms with Crippen LogP contribution in [0.1, 0.15) is 39.0 Å². The molecule has 2 saturated heterocycles. The van der Waals surface area contributed by atoms with E-state index in [1.807, 2.05) is 0 Å². The molecule has 1 saturated carbocycles. The maximum Gasteiger partial charge on any atom is 0.0886 e. The second kappa shape index (κ2) is 3.70. The summed E-state index contributed by atoms with van der Waals surface area (Å²) in [7, 11) is 0. The lowest BCUT2D eigenvalue weighted by atomic mass is 9.62. The van der Waals surface area contributed by atoms with Crippen LogP contribution in [0.5, 0.6) is 0 Å². The van der Waals surface area contributed by atoms with Crippen LogP contribution in [0, 0.1) is 28.6 Å². The molecular weight excluding hydrogens is 212 g/mol. The first kappa shape index (κ1) is 11.5. The minimum Gasteiger partial charge on any atom is -0.388 e. The number of nitriles is 1. The van der Waals surface area contributed by atoms with Gasteiger partial charge in [-0.25, -0.2) is 0 Å². The Kier molecular flexibility index (Phi) is 2.50. The van der Waals surface area contributed by atoms with E-state index in [9.17, 15) is 10.4 Å². The lowest BCUT2D eigenvalue weighted by Crippen LogP contribution is -2.56. The van der Waals surface area contributed by atoms with Crippen LogP contribution in [-0.4, -0.2) is 35.2 Å². The van der Waals surface area contributed by atoms with Crippen molar-refractivity contribution in [3.8, 4) is 6.07 Å². The van der Waals surface area contributed by atoms with Crippen molar-refractivity contribution in [1.82, 2.24) is 4.90 Å². The van der Waals surface area contributed by atoms with Crippen molar-refractivity contribution in [1.29, 1.82) is 5.26 Å². The van der Waals surface area contributed by atoms with Crippen LogP contribution in [0.2, 0.25) is 0 Å². The predicted molar refractivity (Wildman–Crippen MR) is 65.2 cm³/mol. The number of piperidine rings is 1. The average Bonchev–Trinajstić information content (AvgIpc) is 2.90. The van der Waals surface area contributed by atoms with E-state index >= 15 is 0 Å². The van der Waals surface area contributed by atoms with Crippen molar-refractivity contribution in [3.63, 3.8) is 0 Å². The molecule has 1 N–H and O–H groups in total. The quantitative estimate of drug-likeness (QED) is 0.752. The van der Waals surface area contributed by atoms with Crippen LogP contribution >= 0.6 is 0 Å². The largest absolute Gasteiger partial charge is 0.388 e. The molecule has 17 heavy (non-hydrogen) atoms. The van der Waals surface area contributed by atoms with Crippen LogP contribution in [0.25, 0.3) is 0 Å². The van der Waals surface area contributed by atoms with Gasteiger partial charge in [0.1, 0.15) is 0 Å². The third-order valence-electron chi connectivity index (χ3n) is 5.56. The van der Waals surface area contributed by atoms with Crippen molar-refractivity contribution in [3.05, 3.63) is 0 Å². The molecule has 0 aromatic carbocycles. The summed E-state index contributed by atoms with van der Waals surface area (Å²) in [5.74, 6) is 0.930. The van der Waals surface area contributed by atoms with Gasteiger partial charge in [0.2, 0.25) is 0 Å². The first-order valence-electron chi connectivity index (χ1n) is 6.96. The zero-order chi connectivity index (χ0) is 12.1. The van der Waals surface area contributed by atoms with E-state index in [2.05, 4.69) is 17.9 Å². The minimum atomic E-state index is -0.709. The summed E-state index contributed by atoms with van der Waals surface area (Å²) >= 11 is 0. The standard InChI is InChI=1S/C14H22N2O/c1-11-2-4-13(8-11,10-15)14(17)5-7-16-6-3-12(14)9-16/h11-12,17H,2-9H2,1H3. The highest BCUT2D eigenvalue weighted by Crippen LogP contribution is 2.55. The molecule has 3 fully saturated rings. The Labute approximate surface area is 103 Å². The fraction of sp³-hybridized carbons (Fsp3) is 0.929. The maximum atomic E-state index is 11.2. The molecule has 3 rings (SSSR count). The second-order valence-electron chi connectivity index (χ2n) is 6.50. The Morgan fingerprint density at radius 3 is 2.76 bits per heavy atom. The summed E-state index contributed by atoms with van der Waals surface area (Å²) < 4.78 is 0. The molecule has 2 bridgehead atoms. The Morgan fingerprint density at radius 2 is 2.12 bits per heavy atom. The number of aliphatic hydroxyl groups is 1. The van der Waals surface area contributed by atoms with Crippen molar-refractivity contribution < 1.29 is 5.11 Å². The summed E-state index contributed by atoms with van der Waals surface area (Å²) in [4.78, 5) is 2.43. The molecule has 94 valence electrons. The second-order valence-corrected chi connectivity index (χ2v) is 6.50. The van der Waals surface area contributed by atoms with Crippen molar-refractivity contribution in [2.75, 3.05) is 19.6 Å². The molecular formula is C14H22N2O. The molecule has 5 atom stereocenters. The van der Waals surface area contributed by atoms with E-state index in [0.29, 0.717) is 11.8 Å². The van der Waals surface area contributed by atoms with Gasteiger partial charge in [-0.3, -0.25) is 0 Å². The minimum absolute atomic E-state index is 0.334. The number of hydrogen-bond acceptors (Lipinski definition) is 3. The van der Waals surface area contributed by atoms with E-state index in [0.717, 1.165) is 51.7 Å². The number of rotatable bonds is 1. The SMILES string of the molecule is CC1CCC(C#N)(C2(O)CCN3CCC2C3)C1. The monoisotopic (exact) mass is 234 g/mol. The van der Waals surface area contributed by atoms with E-state index in [-0.39, 0.29) is 0 Å². The summed E-state index contributed by atoms with van der Waals surface area (Å²) in [5, 5.41) is 20.8. The molecule has 3 nitrogen and oxygen atoms in total. The normalized spacial score (nSPS) is 53.6. The molecule has 0 spiro atoms. The van der Waals surface area contributed by atoms with Crippen molar-refractivity contribution in [2.24, 2.45) is 17.3 Å². The maximum absolute atomic E-state index is 11.2.